The minimum Gasteiger partial charge on any atom is -0.383 e. The molecule has 3 aliphatic rings. The van der Waals surface area contributed by atoms with Crippen molar-refractivity contribution in [3.8, 4) is 0 Å². The summed E-state index contributed by atoms with van der Waals surface area (Å²) >= 11 is 0. The summed E-state index contributed by atoms with van der Waals surface area (Å²) in [6, 6.07) is 4.29. The van der Waals surface area contributed by atoms with Gasteiger partial charge in [-0.05, 0) is 36.0 Å². The maximum Gasteiger partial charge on any atom is 0.352 e. The van der Waals surface area contributed by atoms with E-state index in [1.165, 1.54) is 0 Å². The van der Waals surface area contributed by atoms with Gasteiger partial charge >= 0.3 is 5.92 Å². The predicted octanol–water partition coefficient (Wildman–Crippen LogP) is 0.855. The van der Waals surface area contributed by atoms with E-state index in [-0.39, 0.29) is 38.3 Å². The third-order valence-electron chi connectivity index (χ3n) is 6.52. The van der Waals surface area contributed by atoms with Crippen LogP contribution < -0.4 is 10.6 Å². The van der Waals surface area contributed by atoms with Gasteiger partial charge in [0.05, 0.1) is 6.04 Å². The predicted molar refractivity (Wildman–Crippen MR) is 103 cm³/mol. The lowest BCUT2D eigenvalue weighted by Gasteiger charge is -2.31. The first kappa shape index (κ1) is 21.8. The highest BCUT2D eigenvalue weighted by molar-refractivity contribution is 6.00. The van der Waals surface area contributed by atoms with Crippen LogP contribution in [0.15, 0.2) is 18.2 Å². The molecule has 31 heavy (non-hydrogen) atoms. The molecule has 0 aromatic heterocycles. The second-order valence-corrected chi connectivity index (χ2v) is 8.54. The molecule has 4 N–H and O–H groups in total. The Bertz CT molecular complexity index is 916. The highest BCUT2D eigenvalue weighted by Crippen LogP contribution is 2.42. The van der Waals surface area contributed by atoms with Gasteiger partial charge in [-0.2, -0.15) is 8.78 Å². The van der Waals surface area contributed by atoms with Crippen LogP contribution in [-0.2, 0) is 27.5 Å². The summed E-state index contributed by atoms with van der Waals surface area (Å²) in [6.45, 7) is 0.0900. The Hall–Kier alpha value is -2.43. The first-order valence-electron chi connectivity index (χ1n) is 10.4. The van der Waals surface area contributed by atoms with Crippen molar-refractivity contribution in [3.05, 3.63) is 34.9 Å². The van der Waals surface area contributed by atoms with Gasteiger partial charge in [0.15, 0.2) is 0 Å². The molecule has 1 saturated carbocycles. The van der Waals surface area contributed by atoms with Gasteiger partial charge in [-0.15, -0.1) is 0 Å². The standard InChI is InChI=1S/C21H25F2N3O5/c22-21(23,20(31)7-1-2-8-20)19(30)24-10-12-3-4-14-13(9-12)11-26(18(14)29)15-5-6-16(27)25-17(15)28/h3-4,9,15,18,29,31H,1-2,5-8,10-11H2,(H,24,30)(H,25,27,28). The lowest BCUT2D eigenvalue weighted by molar-refractivity contribution is -0.191. The summed E-state index contributed by atoms with van der Waals surface area (Å²) in [6.07, 6.45) is 0.154. The maximum atomic E-state index is 14.4. The van der Waals surface area contributed by atoms with Crippen LogP contribution in [0.1, 0.15) is 61.4 Å². The highest BCUT2D eigenvalue weighted by Gasteiger charge is 2.59. The van der Waals surface area contributed by atoms with E-state index in [4.69, 9.17) is 0 Å². The largest absolute Gasteiger partial charge is 0.383 e. The third kappa shape index (κ3) is 3.83. The molecule has 0 bridgehead atoms. The molecule has 0 spiro atoms. The highest BCUT2D eigenvalue weighted by atomic mass is 19.3. The Morgan fingerprint density at radius 3 is 2.68 bits per heavy atom. The summed E-state index contributed by atoms with van der Waals surface area (Å²) in [5, 5.41) is 25.2. The molecule has 2 atom stereocenters. The molecule has 2 heterocycles. The number of imide groups is 1. The molecule has 10 heteroatoms. The summed E-state index contributed by atoms with van der Waals surface area (Å²) in [4.78, 5) is 37.2. The van der Waals surface area contributed by atoms with Crippen LogP contribution >= 0.6 is 0 Å². The number of aliphatic hydroxyl groups excluding tert-OH is 1. The lowest BCUT2D eigenvalue weighted by Crippen LogP contribution is -2.55. The summed E-state index contributed by atoms with van der Waals surface area (Å²) in [7, 11) is 0. The molecule has 1 aromatic rings. The van der Waals surface area contributed by atoms with E-state index >= 15 is 0 Å². The fourth-order valence-corrected chi connectivity index (χ4v) is 4.68. The van der Waals surface area contributed by atoms with Crippen molar-refractivity contribution in [2.75, 3.05) is 0 Å². The normalized spacial score (nSPS) is 25.9. The molecule has 2 aliphatic heterocycles. The number of benzene rings is 1. The Morgan fingerprint density at radius 1 is 1.29 bits per heavy atom. The zero-order valence-electron chi connectivity index (χ0n) is 16.9. The van der Waals surface area contributed by atoms with Crippen molar-refractivity contribution < 1.29 is 33.4 Å². The fraction of sp³-hybridized carbons (Fsp3) is 0.571. The average Bonchev–Trinajstić information content (AvgIpc) is 3.31. The number of nitrogens with one attached hydrogen (secondary N) is 2. The number of halogens is 2. The van der Waals surface area contributed by atoms with E-state index in [1.807, 2.05) is 0 Å². The smallest absolute Gasteiger partial charge is 0.352 e. The van der Waals surface area contributed by atoms with E-state index in [0.29, 0.717) is 36.0 Å². The van der Waals surface area contributed by atoms with Crippen LogP contribution in [0.5, 0.6) is 0 Å². The summed E-state index contributed by atoms with van der Waals surface area (Å²) in [5.41, 5.74) is -0.448. The van der Waals surface area contributed by atoms with Crippen LogP contribution in [0.4, 0.5) is 8.78 Å². The molecular weight excluding hydrogens is 412 g/mol. The molecule has 4 rings (SSSR count). The van der Waals surface area contributed by atoms with Gasteiger partial charge in [0.25, 0.3) is 5.91 Å². The van der Waals surface area contributed by atoms with Crippen LogP contribution in [0.25, 0.3) is 0 Å². The molecule has 0 radical (unpaired) electrons. The second-order valence-electron chi connectivity index (χ2n) is 8.54. The first-order chi connectivity index (χ1) is 14.6. The Labute approximate surface area is 177 Å². The molecule has 8 nitrogen and oxygen atoms in total. The number of aliphatic hydroxyl groups is 2. The van der Waals surface area contributed by atoms with Gasteiger partial charge in [-0.1, -0.05) is 31.0 Å². The van der Waals surface area contributed by atoms with Crippen molar-refractivity contribution in [1.82, 2.24) is 15.5 Å². The molecule has 2 fully saturated rings. The van der Waals surface area contributed by atoms with Crippen molar-refractivity contribution in [2.45, 2.75) is 75.4 Å². The Kier molecular flexibility index (Phi) is 5.57. The van der Waals surface area contributed by atoms with Crippen LogP contribution in [0, 0.1) is 0 Å². The van der Waals surface area contributed by atoms with E-state index in [9.17, 15) is 33.4 Å². The summed E-state index contributed by atoms with van der Waals surface area (Å²) < 4.78 is 28.9. The van der Waals surface area contributed by atoms with Gasteiger partial charge in [0.1, 0.15) is 11.8 Å². The Balaban J connectivity index is 1.42. The molecule has 3 amide bonds. The van der Waals surface area contributed by atoms with Crippen LogP contribution in [-0.4, -0.2) is 50.4 Å². The molecule has 1 aliphatic carbocycles. The number of piperidine rings is 1. The number of fused-ring (bicyclic) bond motifs is 1. The van der Waals surface area contributed by atoms with Crippen molar-refractivity contribution >= 4 is 17.7 Å². The van der Waals surface area contributed by atoms with Crippen LogP contribution in [0.2, 0.25) is 0 Å². The number of carbonyl (C=O) groups is 3. The van der Waals surface area contributed by atoms with Crippen molar-refractivity contribution in [3.63, 3.8) is 0 Å². The number of hydrogen-bond acceptors (Lipinski definition) is 6. The van der Waals surface area contributed by atoms with Crippen molar-refractivity contribution in [2.24, 2.45) is 0 Å². The molecular formula is C21H25F2N3O5. The number of nitrogens with zero attached hydrogens (tertiary/aromatic N) is 1. The average molecular weight is 437 g/mol. The maximum absolute atomic E-state index is 14.4. The van der Waals surface area contributed by atoms with E-state index < -0.39 is 35.6 Å². The summed E-state index contributed by atoms with van der Waals surface area (Å²) in [5.74, 6) is -6.19. The van der Waals surface area contributed by atoms with Gasteiger partial charge in [-0.3, -0.25) is 24.6 Å². The molecule has 2 unspecified atom stereocenters. The van der Waals surface area contributed by atoms with Crippen molar-refractivity contribution in [1.29, 1.82) is 0 Å². The minimum absolute atomic E-state index is 0.111. The second kappa shape index (κ2) is 7.92. The lowest BCUT2D eigenvalue weighted by atomic mass is 9.93. The monoisotopic (exact) mass is 437 g/mol. The number of rotatable bonds is 5. The SMILES string of the molecule is O=C1CCC(N2Cc3cc(CNC(=O)C(F)(F)C4(O)CCCC4)ccc3C2O)C(=O)N1. The zero-order valence-corrected chi connectivity index (χ0v) is 16.9. The third-order valence-corrected chi connectivity index (χ3v) is 6.52. The van der Waals surface area contributed by atoms with E-state index in [2.05, 4.69) is 10.6 Å². The first-order valence-corrected chi connectivity index (χ1v) is 10.4. The van der Waals surface area contributed by atoms with E-state index in [0.717, 1.165) is 0 Å². The van der Waals surface area contributed by atoms with Gasteiger partial charge in [-0.25, -0.2) is 0 Å². The van der Waals surface area contributed by atoms with Gasteiger partial charge in [0, 0.05) is 19.5 Å². The quantitative estimate of drug-likeness (QED) is 0.508. The number of amides is 3. The van der Waals surface area contributed by atoms with Gasteiger partial charge < -0.3 is 15.5 Å². The van der Waals surface area contributed by atoms with Gasteiger partial charge in [0.2, 0.25) is 11.8 Å². The number of alkyl halides is 2. The molecule has 1 saturated heterocycles. The number of carbonyl (C=O) groups excluding carboxylic acids is 3. The fourth-order valence-electron chi connectivity index (χ4n) is 4.68. The number of hydrogen-bond donors (Lipinski definition) is 4. The topological polar surface area (TPSA) is 119 Å². The Morgan fingerprint density at radius 2 is 2.00 bits per heavy atom. The zero-order chi connectivity index (χ0) is 22.4. The molecule has 168 valence electrons. The minimum atomic E-state index is -3.88. The van der Waals surface area contributed by atoms with Crippen LogP contribution in [0.3, 0.4) is 0 Å². The van der Waals surface area contributed by atoms with E-state index in [1.54, 1.807) is 23.1 Å². The molecule has 1 aromatic carbocycles.